The predicted molar refractivity (Wildman–Crippen MR) is 86.8 cm³/mol. The predicted octanol–water partition coefficient (Wildman–Crippen LogP) is 2.48. The Morgan fingerprint density at radius 2 is 2.00 bits per heavy atom. The van der Waals surface area contributed by atoms with Crippen LogP contribution in [-0.2, 0) is 4.74 Å². The molecule has 0 aromatic carbocycles. The molecule has 5 nitrogen and oxygen atoms in total. The Hall–Kier alpha value is -0.810. The molecule has 1 amide bonds. The minimum Gasteiger partial charge on any atom is -0.444 e. The highest BCUT2D eigenvalue weighted by Gasteiger charge is 2.33. The van der Waals surface area contributed by atoms with Crippen molar-refractivity contribution in [2.75, 3.05) is 26.2 Å². The van der Waals surface area contributed by atoms with Gasteiger partial charge in [-0.1, -0.05) is 6.42 Å². The molecule has 5 heteroatoms. The Bertz CT molecular complexity index is 379. The first-order valence-electron chi connectivity index (χ1n) is 8.66. The Labute approximate surface area is 134 Å². The van der Waals surface area contributed by atoms with Gasteiger partial charge in [-0.25, -0.2) is 4.79 Å². The number of aliphatic hydroxyl groups is 1. The van der Waals surface area contributed by atoms with E-state index in [0.29, 0.717) is 5.92 Å². The lowest BCUT2D eigenvalue weighted by Gasteiger charge is -2.38. The van der Waals surface area contributed by atoms with Crippen molar-refractivity contribution in [1.82, 2.24) is 9.80 Å². The fraction of sp³-hybridized carbons (Fsp3) is 0.941. The number of carbonyl (C=O) groups excluding carboxylic acids is 1. The molecule has 2 rings (SSSR count). The number of piperidine rings is 1. The van der Waals surface area contributed by atoms with Gasteiger partial charge in [-0.15, -0.1) is 0 Å². The van der Waals surface area contributed by atoms with Crippen LogP contribution in [0.1, 0.15) is 53.4 Å². The van der Waals surface area contributed by atoms with E-state index < -0.39 is 5.60 Å². The summed E-state index contributed by atoms with van der Waals surface area (Å²) in [5.41, 5.74) is -0.431. The lowest BCUT2D eigenvalue weighted by atomic mass is 9.96. The molecule has 22 heavy (non-hydrogen) atoms. The summed E-state index contributed by atoms with van der Waals surface area (Å²) in [5, 5.41) is 9.96. The van der Waals surface area contributed by atoms with Crippen LogP contribution in [0.25, 0.3) is 0 Å². The minimum absolute atomic E-state index is 0.194. The van der Waals surface area contributed by atoms with E-state index in [-0.39, 0.29) is 18.2 Å². The lowest BCUT2D eigenvalue weighted by Crippen LogP contribution is -2.48. The number of aliphatic hydroxyl groups excluding tert-OH is 1. The van der Waals surface area contributed by atoms with Crippen LogP contribution in [0.5, 0.6) is 0 Å². The van der Waals surface area contributed by atoms with Crippen LogP contribution in [0.15, 0.2) is 0 Å². The van der Waals surface area contributed by atoms with Gasteiger partial charge >= 0.3 is 6.09 Å². The summed E-state index contributed by atoms with van der Waals surface area (Å²) >= 11 is 0. The van der Waals surface area contributed by atoms with Crippen LogP contribution >= 0.6 is 0 Å². The SMILES string of the molecule is C[C@H](O)[C@H]1CCCCN1C[C@H]1CCN(C(=O)OC(C)(C)C)C1. The summed E-state index contributed by atoms with van der Waals surface area (Å²) < 4.78 is 5.45. The molecule has 128 valence electrons. The number of likely N-dealkylation sites (tertiary alicyclic amines) is 2. The van der Waals surface area contributed by atoms with Crippen LogP contribution in [0.2, 0.25) is 0 Å². The van der Waals surface area contributed by atoms with Crippen LogP contribution in [0.3, 0.4) is 0 Å². The third kappa shape index (κ3) is 4.85. The van der Waals surface area contributed by atoms with Crippen molar-refractivity contribution in [2.45, 2.75) is 71.1 Å². The topological polar surface area (TPSA) is 53.0 Å². The third-order valence-electron chi connectivity index (χ3n) is 4.65. The second kappa shape index (κ2) is 7.18. The van der Waals surface area contributed by atoms with Gasteiger partial charge in [-0.2, -0.15) is 0 Å². The fourth-order valence-corrected chi connectivity index (χ4v) is 3.60. The molecule has 2 fully saturated rings. The van der Waals surface area contributed by atoms with Crippen LogP contribution < -0.4 is 0 Å². The third-order valence-corrected chi connectivity index (χ3v) is 4.65. The van der Waals surface area contributed by atoms with Crippen molar-refractivity contribution in [3.8, 4) is 0 Å². The first-order chi connectivity index (χ1) is 10.3. The van der Waals surface area contributed by atoms with Crippen molar-refractivity contribution in [3.63, 3.8) is 0 Å². The Morgan fingerprint density at radius 1 is 1.27 bits per heavy atom. The monoisotopic (exact) mass is 312 g/mol. The largest absolute Gasteiger partial charge is 0.444 e. The summed E-state index contributed by atoms with van der Waals surface area (Å²) in [4.78, 5) is 16.4. The fourth-order valence-electron chi connectivity index (χ4n) is 3.60. The molecule has 3 atom stereocenters. The molecular weight excluding hydrogens is 280 g/mol. The molecule has 2 heterocycles. The van der Waals surface area contributed by atoms with Gasteiger partial charge < -0.3 is 14.7 Å². The molecule has 0 bridgehead atoms. The number of amides is 1. The van der Waals surface area contributed by atoms with E-state index in [0.717, 1.165) is 39.0 Å². The number of hydrogen-bond donors (Lipinski definition) is 1. The average Bonchev–Trinajstić information content (AvgIpc) is 2.86. The van der Waals surface area contributed by atoms with E-state index in [9.17, 15) is 9.90 Å². The molecule has 0 aromatic heterocycles. The van der Waals surface area contributed by atoms with E-state index in [1.165, 1.54) is 12.8 Å². The Balaban J connectivity index is 1.84. The van der Waals surface area contributed by atoms with Gasteiger partial charge in [0.15, 0.2) is 0 Å². The molecule has 1 N–H and O–H groups in total. The number of nitrogens with zero attached hydrogens (tertiary/aromatic N) is 2. The van der Waals surface area contributed by atoms with Crippen molar-refractivity contribution >= 4 is 6.09 Å². The van der Waals surface area contributed by atoms with Gasteiger partial charge in [-0.3, -0.25) is 4.90 Å². The minimum atomic E-state index is -0.431. The summed E-state index contributed by atoms with van der Waals surface area (Å²) in [6.45, 7) is 11.2. The first kappa shape index (κ1) is 17.5. The van der Waals surface area contributed by atoms with Crippen molar-refractivity contribution in [1.29, 1.82) is 0 Å². The number of ether oxygens (including phenoxy) is 1. The van der Waals surface area contributed by atoms with Gasteiger partial charge in [0.2, 0.25) is 0 Å². The van der Waals surface area contributed by atoms with Gasteiger partial charge in [0.25, 0.3) is 0 Å². The Kier molecular flexibility index (Phi) is 5.72. The molecule has 2 aliphatic rings. The highest BCUT2D eigenvalue weighted by atomic mass is 16.6. The molecule has 2 saturated heterocycles. The molecule has 0 unspecified atom stereocenters. The van der Waals surface area contributed by atoms with E-state index >= 15 is 0 Å². The number of carbonyl (C=O) groups is 1. The number of hydrogen-bond acceptors (Lipinski definition) is 4. The maximum atomic E-state index is 12.1. The van der Waals surface area contributed by atoms with Gasteiger partial charge in [0, 0.05) is 25.7 Å². The highest BCUT2D eigenvalue weighted by Crippen LogP contribution is 2.25. The summed E-state index contributed by atoms with van der Waals surface area (Å²) in [5.74, 6) is 0.492. The zero-order chi connectivity index (χ0) is 16.3. The molecule has 0 radical (unpaired) electrons. The molecular formula is C17H32N2O3. The normalized spacial score (nSPS) is 28.7. The maximum Gasteiger partial charge on any atom is 0.410 e. The lowest BCUT2D eigenvalue weighted by molar-refractivity contribution is 0.0216. The van der Waals surface area contributed by atoms with Crippen molar-refractivity contribution in [2.24, 2.45) is 5.92 Å². The average molecular weight is 312 g/mol. The molecule has 2 aliphatic heterocycles. The van der Waals surface area contributed by atoms with Crippen molar-refractivity contribution in [3.05, 3.63) is 0 Å². The molecule has 0 saturated carbocycles. The van der Waals surface area contributed by atoms with Crippen LogP contribution in [0.4, 0.5) is 4.79 Å². The van der Waals surface area contributed by atoms with E-state index in [1.807, 2.05) is 32.6 Å². The standard InChI is InChI=1S/C17H32N2O3/c1-13(20)15-7-5-6-9-18(15)11-14-8-10-19(12-14)16(21)22-17(2,3)4/h13-15,20H,5-12H2,1-4H3/t13-,14+,15+/m0/s1. The van der Waals surface area contributed by atoms with E-state index in [4.69, 9.17) is 4.74 Å². The maximum absolute atomic E-state index is 12.1. The highest BCUT2D eigenvalue weighted by molar-refractivity contribution is 5.68. The van der Waals surface area contributed by atoms with E-state index in [1.54, 1.807) is 0 Å². The zero-order valence-corrected chi connectivity index (χ0v) is 14.5. The smallest absolute Gasteiger partial charge is 0.410 e. The van der Waals surface area contributed by atoms with Gasteiger partial charge in [-0.05, 0) is 59.4 Å². The van der Waals surface area contributed by atoms with Gasteiger partial charge in [0.05, 0.1) is 6.10 Å². The van der Waals surface area contributed by atoms with E-state index in [2.05, 4.69) is 4.90 Å². The first-order valence-corrected chi connectivity index (χ1v) is 8.66. The van der Waals surface area contributed by atoms with Crippen molar-refractivity contribution < 1.29 is 14.6 Å². The summed E-state index contributed by atoms with van der Waals surface area (Å²) in [7, 11) is 0. The summed E-state index contributed by atoms with van der Waals surface area (Å²) in [6, 6.07) is 0.282. The second-order valence-electron chi connectivity index (χ2n) is 7.88. The second-order valence-corrected chi connectivity index (χ2v) is 7.88. The van der Waals surface area contributed by atoms with Crippen LogP contribution in [-0.4, -0.2) is 64.9 Å². The molecule has 0 aliphatic carbocycles. The quantitative estimate of drug-likeness (QED) is 0.870. The number of rotatable bonds is 3. The summed E-state index contributed by atoms with van der Waals surface area (Å²) in [6.07, 6.45) is 4.07. The molecule has 0 aromatic rings. The Morgan fingerprint density at radius 3 is 2.64 bits per heavy atom. The molecule has 0 spiro atoms. The zero-order valence-electron chi connectivity index (χ0n) is 14.5. The van der Waals surface area contributed by atoms with Crippen LogP contribution in [0, 0.1) is 5.92 Å². The van der Waals surface area contributed by atoms with Gasteiger partial charge in [0.1, 0.15) is 5.60 Å².